The number of guanidine groups is 1. The Bertz CT molecular complexity index is 525. The van der Waals surface area contributed by atoms with Crippen LogP contribution in [0.3, 0.4) is 0 Å². The molecule has 146 valence electrons. The van der Waals surface area contributed by atoms with Gasteiger partial charge in [0.15, 0.2) is 5.96 Å². The van der Waals surface area contributed by atoms with Gasteiger partial charge in [0.25, 0.3) is 0 Å². The predicted molar refractivity (Wildman–Crippen MR) is 108 cm³/mol. The Morgan fingerprint density at radius 2 is 1.88 bits per heavy atom. The van der Waals surface area contributed by atoms with Gasteiger partial charge in [-0.3, -0.25) is 4.99 Å². The number of ether oxygens (including phenoxy) is 2. The van der Waals surface area contributed by atoms with Gasteiger partial charge in [-0.15, -0.1) is 0 Å². The maximum Gasteiger partial charge on any atom is 0.191 e. The Morgan fingerprint density at radius 1 is 1.15 bits per heavy atom. The molecule has 1 heterocycles. The van der Waals surface area contributed by atoms with Crippen LogP contribution in [0.25, 0.3) is 0 Å². The largest absolute Gasteiger partial charge is 0.380 e. The van der Waals surface area contributed by atoms with Gasteiger partial charge >= 0.3 is 0 Å². The van der Waals surface area contributed by atoms with Crippen LogP contribution in [0.15, 0.2) is 29.3 Å². The zero-order valence-electron chi connectivity index (χ0n) is 16.5. The Labute approximate surface area is 158 Å². The van der Waals surface area contributed by atoms with Crippen LogP contribution in [0.2, 0.25) is 0 Å². The first kappa shape index (κ1) is 20.5. The van der Waals surface area contributed by atoms with Crippen molar-refractivity contribution in [3.8, 4) is 0 Å². The second-order valence-electron chi connectivity index (χ2n) is 6.91. The Hall–Kier alpha value is -1.79. The molecule has 2 N–H and O–H groups in total. The number of nitrogens with zero attached hydrogens (tertiary/aromatic N) is 2. The number of rotatable bonds is 9. The van der Waals surface area contributed by atoms with E-state index in [1.165, 1.54) is 11.3 Å². The van der Waals surface area contributed by atoms with Crippen LogP contribution in [0.5, 0.6) is 0 Å². The van der Waals surface area contributed by atoms with E-state index in [1.807, 2.05) is 0 Å². The minimum atomic E-state index is 0.687. The predicted octanol–water partition coefficient (Wildman–Crippen LogP) is 2.25. The summed E-state index contributed by atoms with van der Waals surface area (Å²) in [5.41, 5.74) is 2.50. The molecule has 1 saturated heterocycles. The first-order valence-corrected chi connectivity index (χ1v) is 9.63. The number of aliphatic imine (C=N–C) groups is 1. The molecule has 1 aromatic carbocycles. The molecule has 0 aromatic heterocycles. The van der Waals surface area contributed by atoms with Crippen molar-refractivity contribution in [3.63, 3.8) is 0 Å². The van der Waals surface area contributed by atoms with Crippen molar-refractivity contribution in [2.75, 3.05) is 58.0 Å². The molecule has 0 bridgehead atoms. The van der Waals surface area contributed by atoms with Gasteiger partial charge < -0.3 is 25.0 Å². The van der Waals surface area contributed by atoms with Crippen molar-refractivity contribution in [2.24, 2.45) is 10.9 Å². The van der Waals surface area contributed by atoms with Crippen molar-refractivity contribution in [1.29, 1.82) is 0 Å². The topological polar surface area (TPSA) is 58.1 Å². The third kappa shape index (κ3) is 7.62. The third-order valence-electron chi connectivity index (χ3n) is 4.37. The third-order valence-corrected chi connectivity index (χ3v) is 4.37. The summed E-state index contributed by atoms with van der Waals surface area (Å²) in [7, 11) is 1.79. The van der Waals surface area contributed by atoms with E-state index in [0.717, 1.165) is 58.4 Å². The molecule has 0 amide bonds. The molecule has 1 fully saturated rings. The maximum absolute atomic E-state index is 5.61. The van der Waals surface area contributed by atoms with Crippen LogP contribution < -0.4 is 15.5 Å². The number of hydrogen-bond acceptors (Lipinski definition) is 4. The molecule has 1 aliphatic rings. The van der Waals surface area contributed by atoms with E-state index < -0.39 is 0 Å². The highest BCUT2D eigenvalue weighted by Crippen LogP contribution is 2.16. The minimum absolute atomic E-state index is 0.687. The molecule has 0 unspecified atom stereocenters. The van der Waals surface area contributed by atoms with Crippen LogP contribution in [-0.2, 0) is 16.0 Å². The molecule has 26 heavy (non-hydrogen) atoms. The van der Waals surface area contributed by atoms with Crippen LogP contribution in [0.4, 0.5) is 5.69 Å². The average molecular weight is 363 g/mol. The smallest absolute Gasteiger partial charge is 0.191 e. The molecule has 0 atom stereocenters. The Morgan fingerprint density at radius 3 is 2.54 bits per heavy atom. The van der Waals surface area contributed by atoms with Crippen molar-refractivity contribution in [3.05, 3.63) is 29.8 Å². The number of nitrogens with one attached hydrogen (secondary N) is 2. The van der Waals surface area contributed by atoms with Gasteiger partial charge in [-0.1, -0.05) is 26.0 Å². The van der Waals surface area contributed by atoms with Crippen LogP contribution in [0.1, 0.15) is 25.8 Å². The molecule has 1 aromatic rings. The zero-order valence-corrected chi connectivity index (χ0v) is 16.5. The highest BCUT2D eigenvalue weighted by molar-refractivity contribution is 5.79. The van der Waals surface area contributed by atoms with Gasteiger partial charge in [0.1, 0.15) is 0 Å². The van der Waals surface area contributed by atoms with Gasteiger partial charge in [-0.25, -0.2) is 0 Å². The molecule has 1 aliphatic heterocycles. The van der Waals surface area contributed by atoms with Gasteiger partial charge in [0.05, 0.1) is 19.8 Å². The lowest BCUT2D eigenvalue weighted by atomic mass is 10.1. The zero-order chi connectivity index (χ0) is 18.6. The lowest BCUT2D eigenvalue weighted by Crippen LogP contribution is -2.38. The van der Waals surface area contributed by atoms with Crippen LogP contribution in [0, 0.1) is 5.92 Å². The van der Waals surface area contributed by atoms with Crippen LogP contribution in [-0.4, -0.2) is 59.1 Å². The lowest BCUT2D eigenvalue weighted by Gasteiger charge is -2.28. The van der Waals surface area contributed by atoms with Gasteiger partial charge in [-0.2, -0.15) is 0 Å². The van der Waals surface area contributed by atoms with Gasteiger partial charge in [0.2, 0.25) is 0 Å². The fraction of sp³-hybridized carbons (Fsp3) is 0.650. The monoisotopic (exact) mass is 362 g/mol. The fourth-order valence-electron chi connectivity index (χ4n) is 2.72. The van der Waals surface area contributed by atoms with Crippen molar-refractivity contribution in [1.82, 2.24) is 10.6 Å². The molecule has 0 radical (unpaired) electrons. The summed E-state index contributed by atoms with van der Waals surface area (Å²) in [5, 5.41) is 6.63. The Balaban J connectivity index is 1.66. The molecule has 6 heteroatoms. The van der Waals surface area contributed by atoms with E-state index in [9.17, 15) is 0 Å². The lowest BCUT2D eigenvalue weighted by molar-refractivity contribution is 0.122. The van der Waals surface area contributed by atoms with Crippen molar-refractivity contribution in [2.45, 2.75) is 26.8 Å². The van der Waals surface area contributed by atoms with Gasteiger partial charge in [0, 0.05) is 45.5 Å². The van der Waals surface area contributed by atoms with E-state index in [2.05, 4.69) is 58.6 Å². The maximum atomic E-state index is 5.61. The summed E-state index contributed by atoms with van der Waals surface area (Å²) >= 11 is 0. The van der Waals surface area contributed by atoms with Gasteiger partial charge in [-0.05, 0) is 30.0 Å². The molecule has 6 nitrogen and oxygen atoms in total. The summed E-state index contributed by atoms with van der Waals surface area (Å²) in [6.45, 7) is 11.0. The molecule has 0 spiro atoms. The average Bonchev–Trinajstić information content (AvgIpc) is 2.67. The highest BCUT2D eigenvalue weighted by atomic mass is 16.5. The number of morpholine rings is 1. The highest BCUT2D eigenvalue weighted by Gasteiger charge is 2.10. The van der Waals surface area contributed by atoms with Crippen molar-refractivity contribution >= 4 is 11.6 Å². The standard InChI is InChI=1S/C20H34N4O2/c1-17(2)8-12-25-13-9-22-20(21-3)23-16-18-4-6-19(7-5-18)24-10-14-26-15-11-24/h4-7,17H,8-16H2,1-3H3,(H2,21,22,23). The fourth-order valence-corrected chi connectivity index (χ4v) is 2.72. The van der Waals surface area contributed by atoms with E-state index >= 15 is 0 Å². The SMILES string of the molecule is CN=C(NCCOCCC(C)C)NCc1ccc(N2CCOCC2)cc1. The molecule has 0 aliphatic carbocycles. The Kier molecular flexibility index (Phi) is 9.28. The van der Waals surface area contributed by atoms with E-state index in [4.69, 9.17) is 9.47 Å². The van der Waals surface area contributed by atoms with Crippen molar-refractivity contribution < 1.29 is 9.47 Å². The first-order valence-electron chi connectivity index (χ1n) is 9.63. The molecule has 2 rings (SSSR count). The summed E-state index contributed by atoms with van der Waals surface area (Å²) < 4.78 is 11.0. The molecular formula is C20H34N4O2. The molecule has 0 saturated carbocycles. The second-order valence-corrected chi connectivity index (χ2v) is 6.91. The van der Waals surface area contributed by atoms with E-state index in [-0.39, 0.29) is 0 Å². The summed E-state index contributed by atoms with van der Waals surface area (Å²) in [6.07, 6.45) is 1.10. The number of anilines is 1. The molecular weight excluding hydrogens is 328 g/mol. The summed E-state index contributed by atoms with van der Waals surface area (Å²) in [4.78, 5) is 6.62. The second kappa shape index (κ2) is 11.8. The summed E-state index contributed by atoms with van der Waals surface area (Å²) in [5.74, 6) is 1.49. The van der Waals surface area contributed by atoms with Crippen LogP contribution >= 0.6 is 0 Å². The first-order chi connectivity index (χ1) is 12.7. The quantitative estimate of drug-likeness (QED) is 0.401. The number of hydrogen-bond donors (Lipinski definition) is 2. The summed E-state index contributed by atoms with van der Waals surface area (Å²) in [6, 6.07) is 8.70. The minimum Gasteiger partial charge on any atom is -0.380 e. The normalized spacial score (nSPS) is 15.4. The van der Waals surface area contributed by atoms with E-state index in [1.54, 1.807) is 7.05 Å². The number of benzene rings is 1. The van der Waals surface area contributed by atoms with E-state index in [0.29, 0.717) is 12.5 Å².